The lowest BCUT2D eigenvalue weighted by Crippen LogP contribution is -2.49. The van der Waals surface area contributed by atoms with Crippen molar-refractivity contribution in [2.45, 2.75) is 100 Å². The molecule has 3 amide bonds. The van der Waals surface area contributed by atoms with Crippen molar-refractivity contribution in [2.75, 3.05) is 37.7 Å². The molecule has 326 valence electrons. The molecule has 1 saturated carbocycles. The number of carbonyl (C=O) groups is 3. The van der Waals surface area contributed by atoms with Gasteiger partial charge in [-0.05, 0) is 37.8 Å². The van der Waals surface area contributed by atoms with Crippen LogP contribution in [0, 0.1) is 0 Å². The fourth-order valence-corrected chi connectivity index (χ4v) is 8.66. The number of amides is 3. The average Bonchev–Trinajstić information content (AvgIpc) is 3.77. The first kappa shape index (κ1) is 46.8. The van der Waals surface area contributed by atoms with Gasteiger partial charge in [-0.3, -0.25) is 19.1 Å². The number of aromatic nitrogens is 2. The number of likely N-dealkylation sites (tertiary alicyclic amines) is 2. The number of sulfonamides is 2. The maximum absolute atomic E-state index is 13.8. The van der Waals surface area contributed by atoms with Crippen LogP contribution in [0.15, 0.2) is 30.3 Å². The number of halogens is 7. The number of carbonyl (C=O) groups excluding carboxylic acids is 3. The Hall–Kier alpha value is -3.87. The quantitative estimate of drug-likeness (QED) is 0.229. The van der Waals surface area contributed by atoms with E-state index in [9.17, 15) is 62.0 Å². The molecule has 15 nitrogen and oxygen atoms in total. The van der Waals surface area contributed by atoms with E-state index in [4.69, 9.17) is 16.0 Å². The van der Waals surface area contributed by atoms with Crippen LogP contribution in [-0.2, 0) is 35.8 Å². The number of benzene rings is 1. The van der Waals surface area contributed by atoms with E-state index < -0.39 is 104 Å². The molecule has 1 aliphatic carbocycles. The van der Waals surface area contributed by atoms with Crippen LogP contribution in [0.5, 0.6) is 0 Å². The third-order valence-electron chi connectivity index (χ3n) is 9.71. The van der Waals surface area contributed by atoms with Crippen molar-refractivity contribution in [1.82, 2.24) is 24.9 Å². The molecule has 3 heterocycles. The number of hydrogen-bond acceptors (Lipinski definition) is 9. The average molecular weight is 877 g/mol. The Morgan fingerprint density at radius 3 is 1.84 bits per heavy atom. The minimum atomic E-state index is -4.67. The Balaban J connectivity index is 0.000000346. The largest absolute Gasteiger partial charge is 0.417 e. The van der Waals surface area contributed by atoms with Crippen LogP contribution in [0.2, 0.25) is 0 Å². The van der Waals surface area contributed by atoms with Crippen LogP contribution in [0.25, 0.3) is 11.3 Å². The molecule has 2 atom stereocenters. The van der Waals surface area contributed by atoms with Crippen molar-refractivity contribution in [3.05, 3.63) is 41.6 Å². The first-order valence-corrected chi connectivity index (χ1v) is 21.8. The molecule has 1 aromatic heterocycles. The molecule has 3 aliphatic rings. The number of nitrogens with one attached hydrogen (secondary N) is 1. The highest BCUT2D eigenvalue weighted by Crippen LogP contribution is 2.40. The van der Waals surface area contributed by atoms with Crippen molar-refractivity contribution >= 4 is 37.8 Å². The van der Waals surface area contributed by atoms with Gasteiger partial charge < -0.3 is 20.9 Å². The lowest BCUT2D eigenvalue weighted by atomic mass is 10.0. The highest BCUT2D eigenvalue weighted by Gasteiger charge is 2.40. The van der Waals surface area contributed by atoms with Gasteiger partial charge >= 0.3 is 6.18 Å². The summed E-state index contributed by atoms with van der Waals surface area (Å²) in [5, 5.41) is 16.6. The number of rotatable bonds is 12. The fourth-order valence-electron chi connectivity index (χ4n) is 7.19. The zero-order valence-electron chi connectivity index (χ0n) is 31.3. The van der Waals surface area contributed by atoms with Crippen LogP contribution in [0.4, 0.5) is 30.7 Å². The number of nitrogens with two attached hydrogens (primary N) is 3. The van der Waals surface area contributed by atoms with Crippen LogP contribution in [0.1, 0.15) is 86.3 Å². The number of hydrogen-bond donors (Lipinski definition) is 4. The van der Waals surface area contributed by atoms with Crippen LogP contribution < -0.4 is 21.3 Å². The van der Waals surface area contributed by atoms with Gasteiger partial charge in [-0.2, -0.15) is 18.3 Å². The van der Waals surface area contributed by atoms with Crippen molar-refractivity contribution in [3.63, 3.8) is 0 Å². The minimum absolute atomic E-state index is 0.0538. The normalized spacial score (nSPS) is 19.8. The van der Waals surface area contributed by atoms with Crippen LogP contribution in [-0.4, -0.2) is 116 Å². The topological polar surface area (TPSA) is 234 Å². The van der Waals surface area contributed by atoms with Gasteiger partial charge in [0.25, 0.3) is 17.8 Å². The zero-order valence-corrected chi connectivity index (χ0v) is 32.9. The van der Waals surface area contributed by atoms with Gasteiger partial charge in [-0.1, -0.05) is 31.0 Å². The van der Waals surface area contributed by atoms with Crippen LogP contribution >= 0.6 is 0 Å². The van der Waals surface area contributed by atoms with Gasteiger partial charge in [0.2, 0.25) is 31.9 Å². The molecule has 58 heavy (non-hydrogen) atoms. The summed E-state index contributed by atoms with van der Waals surface area (Å²) in [6, 6.07) is 3.50. The SMILES string of the molecule is NS(=O)(=O)C[C@H](CC(=O)N1CCCC(F)(F)C1)NC(=O)c1cc(-c2ccccc2C(F)(F)F)n(C2CCCC2)n1.N[C@@H](CC(=O)N1CCCC(F)(F)C1)CS(N)(=O)=O. The predicted molar refractivity (Wildman–Crippen MR) is 196 cm³/mol. The predicted octanol–water partition coefficient (Wildman–Crippen LogP) is 2.97. The lowest BCUT2D eigenvalue weighted by Gasteiger charge is -2.33. The molecule has 1 aromatic carbocycles. The maximum Gasteiger partial charge on any atom is 0.417 e. The lowest BCUT2D eigenvalue weighted by molar-refractivity contribution is -0.142. The molecule has 0 spiro atoms. The van der Waals surface area contributed by atoms with E-state index in [2.05, 4.69) is 10.4 Å². The number of piperidine rings is 2. The number of nitrogens with zero attached hydrogens (tertiary/aromatic N) is 4. The van der Waals surface area contributed by atoms with Crippen molar-refractivity contribution in [2.24, 2.45) is 16.0 Å². The Morgan fingerprint density at radius 1 is 0.828 bits per heavy atom. The van der Waals surface area contributed by atoms with Crippen molar-refractivity contribution < 1.29 is 62.0 Å². The minimum Gasteiger partial charge on any atom is -0.346 e. The molecule has 2 aliphatic heterocycles. The summed E-state index contributed by atoms with van der Waals surface area (Å²) >= 11 is 0. The molecule has 2 saturated heterocycles. The van der Waals surface area contributed by atoms with E-state index in [1.165, 1.54) is 28.9 Å². The van der Waals surface area contributed by atoms with Gasteiger partial charge in [-0.25, -0.2) is 44.7 Å². The second-order valence-corrected chi connectivity index (χ2v) is 18.2. The molecule has 5 rings (SSSR count). The van der Waals surface area contributed by atoms with E-state index in [0.29, 0.717) is 12.8 Å². The summed E-state index contributed by atoms with van der Waals surface area (Å²) in [6.07, 6.45) is -2.96. The van der Waals surface area contributed by atoms with Crippen molar-refractivity contribution in [1.29, 1.82) is 0 Å². The van der Waals surface area contributed by atoms with Gasteiger partial charge in [-0.15, -0.1) is 0 Å². The monoisotopic (exact) mass is 876 g/mol. The Bertz CT molecular complexity index is 2010. The first-order valence-electron chi connectivity index (χ1n) is 18.4. The third-order valence-corrected chi connectivity index (χ3v) is 11.5. The summed E-state index contributed by atoms with van der Waals surface area (Å²) < 4.78 is 142. The summed E-state index contributed by atoms with van der Waals surface area (Å²) in [6.45, 7) is -1.15. The van der Waals surface area contributed by atoms with Crippen LogP contribution in [0.3, 0.4) is 0 Å². The summed E-state index contributed by atoms with van der Waals surface area (Å²) in [4.78, 5) is 39.5. The van der Waals surface area contributed by atoms with Gasteiger partial charge in [0.1, 0.15) is 0 Å². The fraction of sp³-hybridized carbons (Fsp3) is 0.647. The molecule has 0 bridgehead atoms. The zero-order chi connectivity index (χ0) is 43.3. The van der Waals surface area contributed by atoms with E-state index in [1.807, 2.05) is 0 Å². The second-order valence-electron chi connectivity index (χ2n) is 14.9. The van der Waals surface area contributed by atoms with Gasteiger partial charge in [0, 0.05) is 50.4 Å². The Kier molecular flexibility index (Phi) is 15.0. The van der Waals surface area contributed by atoms with Gasteiger partial charge in [0.15, 0.2) is 5.69 Å². The molecular formula is C34H47F7N8O7S2. The first-order chi connectivity index (χ1) is 26.7. The van der Waals surface area contributed by atoms with E-state index in [0.717, 1.165) is 28.7 Å². The molecule has 0 radical (unpaired) electrons. The van der Waals surface area contributed by atoms with Gasteiger partial charge in [0.05, 0.1) is 47.9 Å². The molecule has 2 aromatic rings. The van der Waals surface area contributed by atoms with E-state index in [-0.39, 0.29) is 68.2 Å². The molecule has 7 N–H and O–H groups in total. The second kappa shape index (κ2) is 18.6. The highest BCUT2D eigenvalue weighted by molar-refractivity contribution is 7.89. The van der Waals surface area contributed by atoms with Crippen molar-refractivity contribution in [3.8, 4) is 11.3 Å². The summed E-state index contributed by atoms with van der Waals surface area (Å²) in [7, 11) is -7.98. The molecule has 3 fully saturated rings. The third kappa shape index (κ3) is 14.2. The standard InChI is InChI=1S/C25H30F5N5O4S.C9H17F2N3O3S/c26-24(27)10-5-11-34(15-24)22(36)12-16(14-40(31,38)39)32-23(37)20-13-21(35(33-20)17-6-1-2-7-17)18-8-3-4-9-19(18)25(28,29)30;10-9(11)2-1-3-14(6-9)8(15)4-7(12)5-18(13,16)17/h3-4,8-9,13,16-17H,1-2,5-7,10-12,14-15H2,(H,32,37)(H2,31,38,39);7H,1-6,12H2,(H2,13,16,17)/t16-;7-/m00/s1. The highest BCUT2D eigenvalue weighted by atomic mass is 32.2. The molecule has 24 heteroatoms. The molecule has 0 unspecified atom stereocenters. The maximum atomic E-state index is 13.8. The molecular weight excluding hydrogens is 830 g/mol. The van der Waals surface area contributed by atoms with E-state index in [1.54, 1.807) is 0 Å². The summed E-state index contributed by atoms with van der Waals surface area (Å²) in [5.74, 6) is -9.64. The Labute approximate surface area is 330 Å². The van der Waals surface area contributed by atoms with E-state index >= 15 is 0 Å². The summed E-state index contributed by atoms with van der Waals surface area (Å²) in [5.41, 5.74) is 4.15. The number of primary sulfonamides is 2. The number of alkyl halides is 7. The smallest absolute Gasteiger partial charge is 0.346 e. The Morgan fingerprint density at radius 2 is 1.34 bits per heavy atom.